The van der Waals surface area contributed by atoms with Gasteiger partial charge in [0, 0.05) is 6.55 Å². The number of alkyl halides is 18. The molecule has 0 unspecified atom stereocenters. The van der Waals surface area contributed by atoms with Crippen LogP contribution >= 0.6 is 0 Å². The van der Waals surface area contributed by atoms with E-state index in [1.54, 1.807) is 0 Å². The molecule has 3 nitrogen and oxygen atoms in total. The summed E-state index contributed by atoms with van der Waals surface area (Å²) in [6, 6.07) is 0. The van der Waals surface area contributed by atoms with Gasteiger partial charge in [0.1, 0.15) is 0 Å². The minimum Gasteiger partial charge on any atom is -0.353 e. The second-order valence-corrected chi connectivity index (χ2v) is 8.04. The quantitative estimate of drug-likeness (QED) is 0.300. The second kappa shape index (κ2) is 8.89. The first-order valence-electron chi connectivity index (χ1n) is 6.95. The highest BCUT2D eigenvalue weighted by atomic mass is 28.4. The number of halogens is 18. The average molecular weight is 544 g/mol. The molecule has 0 radical (unpaired) electrons. The van der Waals surface area contributed by atoms with Crippen LogP contribution in [0.15, 0.2) is 0 Å². The summed E-state index contributed by atoms with van der Waals surface area (Å²) in [6.07, 6.45) is -57.2. The summed E-state index contributed by atoms with van der Waals surface area (Å²) >= 11 is 0. The van der Waals surface area contributed by atoms with Gasteiger partial charge >= 0.3 is 45.9 Å². The number of hydrogen-bond acceptors (Lipinski definition) is 3. The summed E-state index contributed by atoms with van der Waals surface area (Å²) in [5.41, 5.74) is 0. The van der Waals surface area contributed by atoms with Crippen molar-refractivity contribution in [2.75, 3.05) is 0 Å². The predicted molar refractivity (Wildman–Crippen MR) is 62.6 cm³/mol. The Labute approximate surface area is 164 Å². The smallest absolute Gasteiger partial charge is 0.353 e. The standard InChI is InChI=1S/C10H6F18O3Si/c1-32(29-2(5(11,12)13)6(14,15)16,30-3(7(17,18)19)8(20,21)22)31-4(9(23,24)25)10(26,27)28/h2-4H,1H3. The number of rotatable bonds is 6. The van der Waals surface area contributed by atoms with E-state index >= 15 is 0 Å². The first-order valence-corrected chi connectivity index (χ1v) is 9.18. The predicted octanol–water partition coefficient (Wildman–Crippen LogP) is 6.08. The normalized spacial score (nSPS) is 15.9. The maximum absolute atomic E-state index is 12.5. The van der Waals surface area contributed by atoms with Gasteiger partial charge in [-0.15, -0.1) is 0 Å². The zero-order chi connectivity index (χ0) is 26.4. The lowest BCUT2D eigenvalue weighted by Gasteiger charge is -2.38. The lowest BCUT2D eigenvalue weighted by molar-refractivity contribution is -0.342. The van der Waals surface area contributed by atoms with E-state index in [1.165, 1.54) is 0 Å². The summed E-state index contributed by atoms with van der Waals surface area (Å²) in [4.78, 5) is 0. The van der Waals surface area contributed by atoms with Gasteiger partial charge in [0.05, 0.1) is 0 Å². The van der Waals surface area contributed by atoms with Crippen LogP contribution < -0.4 is 0 Å². The molecular formula is C10H6F18O3Si. The Kier molecular flexibility index (Phi) is 8.56. The maximum atomic E-state index is 12.5. The Morgan fingerprint density at radius 1 is 0.375 bits per heavy atom. The molecule has 0 amide bonds. The van der Waals surface area contributed by atoms with Crippen molar-refractivity contribution in [3.8, 4) is 0 Å². The van der Waals surface area contributed by atoms with Crippen LogP contribution in [0.25, 0.3) is 0 Å². The Balaban J connectivity index is 6.68. The fraction of sp³-hybridized carbons (Fsp3) is 1.00. The molecule has 0 fully saturated rings. The first-order chi connectivity index (χ1) is 13.5. The summed E-state index contributed by atoms with van der Waals surface area (Å²) < 4.78 is 234. The molecule has 0 heterocycles. The molecule has 0 aliphatic carbocycles. The third kappa shape index (κ3) is 9.00. The third-order valence-electron chi connectivity index (χ3n) is 2.78. The van der Waals surface area contributed by atoms with Gasteiger partial charge in [-0.3, -0.25) is 0 Å². The maximum Gasteiger partial charge on any atom is 0.500 e. The molecule has 0 aromatic carbocycles. The molecule has 194 valence electrons. The number of hydrogen-bond donors (Lipinski definition) is 0. The largest absolute Gasteiger partial charge is 0.500 e. The molecule has 0 aliphatic rings. The van der Waals surface area contributed by atoms with E-state index in [0.29, 0.717) is 0 Å². The molecule has 0 rings (SSSR count). The van der Waals surface area contributed by atoms with E-state index < -0.39 is 70.7 Å². The zero-order valence-electron chi connectivity index (χ0n) is 14.3. The van der Waals surface area contributed by atoms with Gasteiger partial charge in [-0.25, -0.2) is 0 Å². The molecule has 0 N–H and O–H groups in total. The molecule has 0 spiro atoms. The van der Waals surface area contributed by atoms with Gasteiger partial charge in [-0.2, -0.15) is 79.0 Å². The van der Waals surface area contributed by atoms with Gasteiger partial charge in [0.15, 0.2) is 0 Å². The lowest BCUT2D eigenvalue weighted by Crippen LogP contribution is -2.62. The van der Waals surface area contributed by atoms with Crippen molar-refractivity contribution in [1.29, 1.82) is 0 Å². The van der Waals surface area contributed by atoms with Crippen LogP contribution in [0.1, 0.15) is 0 Å². The van der Waals surface area contributed by atoms with Crippen molar-refractivity contribution >= 4 is 8.80 Å². The summed E-state index contributed by atoms with van der Waals surface area (Å²) in [6.45, 7) is -0.869. The Bertz CT molecular complexity index is 484. The molecule has 0 saturated heterocycles. The zero-order valence-corrected chi connectivity index (χ0v) is 15.3. The highest BCUT2D eigenvalue weighted by Gasteiger charge is 2.69. The van der Waals surface area contributed by atoms with Gasteiger partial charge in [0.2, 0.25) is 18.3 Å². The van der Waals surface area contributed by atoms with E-state index in [9.17, 15) is 79.0 Å². The van der Waals surface area contributed by atoms with Crippen LogP contribution in [0.3, 0.4) is 0 Å². The second-order valence-electron chi connectivity index (χ2n) is 5.61. The summed E-state index contributed by atoms with van der Waals surface area (Å²) in [5, 5.41) is 0. The van der Waals surface area contributed by atoms with Crippen LogP contribution in [-0.2, 0) is 13.3 Å². The van der Waals surface area contributed by atoms with Crippen molar-refractivity contribution in [2.24, 2.45) is 0 Å². The highest BCUT2D eigenvalue weighted by molar-refractivity contribution is 6.59. The molecule has 0 atom stereocenters. The van der Waals surface area contributed by atoms with Crippen LogP contribution in [-0.4, -0.2) is 64.2 Å². The Morgan fingerprint density at radius 3 is 0.594 bits per heavy atom. The van der Waals surface area contributed by atoms with Crippen molar-refractivity contribution < 1.29 is 92.3 Å². The molecule has 0 bridgehead atoms. The molecule has 0 aromatic rings. The van der Waals surface area contributed by atoms with E-state index in [-0.39, 0.29) is 0 Å². The van der Waals surface area contributed by atoms with Crippen LogP contribution in [0, 0.1) is 0 Å². The topological polar surface area (TPSA) is 27.7 Å². The van der Waals surface area contributed by atoms with E-state index in [1.807, 2.05) is 0 Å². The minimum atomic E-state index is -7.42. The van der Waals surface area contributed by atoms with Crippen LogP contribution in [0.4, 0.5) is 79.0 Å². The summed E-state index contributed by atoms with van der Waals surface area (Å²) in [7, 11) is -7.42. The van der Waals surface area contributed by atoms with Gasteiger partial charge in [0.25, 0.3) is 0 Å². The van der Waals surface area contributed by atoms with Gasteiger partial charge in [-0.1, -0.05) is 0 Å². The van der Waals surface area contributed by atoms with E-state index in [2.05, 4.69) is 13.3 Å². The third-order valence-corrected chi connectivity index (χ3v) is 4.77. The van der Waals surface area contributed by atoms with Crippen molar-refractivity contribution in [3.63, 3.8) is 0 Å². The SMILES string of the molecule is C[Si](OC(C(F)(F)F)C(F)(F)F)(OC(C(F)(F)F)C(F)(F)F)OC(C(F)(F)F)C(F)(F)F. The van der Waals surface area contributed by atoms with Gasteiger partial charge < -0.3 is 13.3 Å². The van der Waals surface area contributed by atoms with E-state index in [4.69, 9.17) is 0 Å². The molecule has 32 heavy (non-hydrogen) atoms. The fourth-order valence-electron chi connectivity index (χ4n) is 1.68. The van der Waals surface area contributed by atoms with Crippen molar-refractivity contribution in [1.82, 2.24) is 0 Å². The summed E-state index contributed by atoms with van der Waals surface area (Å²) in [5.74, 6) is 0. The first kappa shape index (κ1) is 30.8. The molecule has 0 aromatic heterocycles. The van der Waals surface area contributed by atoms with Crippen LogP contribution in [0.2, 0.25) is 6.55 Å². The van der Waals surface area contributed by atoms with Crippen molar-refractivity contribution in [3.05, 3.63) is 0 Å². The highest BCUT2D eigenvalue weighted by Crippen LogP contribution is 2.44. The fourth-order valence-corrected chi connectivity index (χ4v) is 3.94. The van der Waals surface area contributed by atoms with Crippen molar-refractivity contribution in [2.45, 2.75) is 61.9 Å². The minimum absolute atomic E-state index is 0.869. The molecular weight excluding hydrogens is 538 g/mol. The monoisotopic (exact) mass is 544 g/mol. The van der Waals surface area contributed by atoms with Crippen LogP contribution in [0.5, 0.6) is 0 Å². The average Bonchev–Trinajstić information content (AvgIpc) is 2.41. The molecule has 0 saturated carbocycles. The molecule has 0 aliphatic heterocycles. The Hall–Kier alpha value is -1.16. The van der Waals surface area contributed by atoms with E-state index in [0.717, 1.165) is 0 Å². The Morgan fingerprint density at radius 2 is 0.500 bits per heavy atom. The molecule has 22 heteroatoms. The lowest BCUT2D eigenvalue weighted by atomic mass is 10.3. The van der Waals surface area contributed by atoms with Gasteiger partial charge in [-0.05, 0) is 0 Å².